The lowest BCUT2D eigenvalue weighted by atomic mass is 9.60. The molecule has 4 heteroatoms. The number of nitrogens with zero attached hydrogens (tertiary/aromatic N) is 1. The van der Waals surface area contributed by atoms with E-state index in [1.165, 1.54) is 45.8 Å². The minimum Gasteiger partial charge on any atom is -0.468 e. The Balaban J connectivity index is 2.20. The lowest BCUT2D eigenvalue weighted by Crippen LogP contribution is -2.49. The molecule has 188 valence electrons. The molecule has 1 aromatic carbocycles. The first-order chi connectivity index (χ1) is 15.6. The van der Waals surface area contributed by atoms with Gasteiger partial charge in [-0.15, -0.1) is 0 Å². The third-order valence-electron chi connectivity index (χ3n) is 9.99. The van der Waals surface area contributed by atoms with Crippen LogP contribution < -0.4 is 0 Å². The van der Waals surface area contributed by atoms with E-state index in [2.05, 4.69) is 85.0 Å². The van der Waals surface area contributed by atoms with Gasteiger partial charge in [0, 0.05) is 34.4 Å². The van der Waals surface area contributed by atoms with Gasteiger partial charge in [0.25, 0.3) is 0 Å². The quantitative estimate of drug-likeness (QED) is 0.386. The molecule has 1 aliphatic heterocycles. The molecule has 0 aliphatic carbocycles. The van der Waals surface area contributed by atoms with Crippen molar-refractivity contribution >= 4 is 23.1 Å². The Kier molecular flexibility index (Phi) is 6.89. The molecule has 3 rings (SSSR count). The largest absolute Gasteiger partial charge is 0.468 e. The number of hydrogen-bond acceptors (Lipinski definition) is 2. The highest BCUT2D eigenvalue weighted by Crippen LogP contribution is 2.45. The summed E-state index contributed by atoms with van der Waals surface area (Å²) in [4.78, 5) is 16.8. The first kappa shape index (κ1) is 26.5. The van der Waals surface area contributed by atoms with Crippen molar-refractivity contribution in [3.63, 3.8) is 0 Å². The number of methoxy groups -OCH3 is 1. The van der Waals surface area contributed by atoms with Crippen LogP contribution in [0.3, 0.4) is 0 Å². The molecule has 1 aromatic heterocycles. The summed E-state index contributed by atoms with van der Waals surface area (Å²) in [5.74, 6) is 0.424. The second-order valence-electron chi connectivity index (χ2n) is 12.1. The number of ether oxygens (including phenoxy) is 1. The van der Waals surface area contributed by atoms with Gasteiger partial charge < -0.3 is 9.72 Å². The van der Waals surface area contributed by atoms with Gasteiger partial charge in [0.2, 0.25) is 0 Å². The number of aryl methyl sites for hydroxylation is 2. The molecule has 1 aliphatic rings. The zero-order valence-electron chi connectivity index (χ0n) is 23.7. The Morgan fingerprint density at radius 2 is 1.71 bits per heavy atom. The van der Waals surface area contributed by atoms with Crippen LogP contribution in [0.4, 0.5) is 0 Å². The summed E-state index contributed by atoms with van der Waals surface area (Å²) in [6.07, 6.45) is 4.03. The van der Waals surface area contributed by atoms with Crippen molar-refractivity contribution in [1.82, 2.24) is 4.98 Å². The summed E-state index contributed by atoms with van der Waals surface area (Å²) in [6.45, 7) is 26.8. The van der Waals surface area contributed by atoms with E-state index in [1.54, 1.807) is 0 Å². The Hall–Kier alpha value is -2.10. The van der Waals surface area contributed by atoms with E-state index in [0.29, 0.717) is 12.3 Å². The van der Waals surface area contributed by atoms with Gasteiger partial charge in [0.05, 0.1) is 7.11 Å². The molecule has 1 N–H and O–H groups in total. The minimum absolute atomic E-state index is 0.123. The topological polar surface area (TPSA) is 45.1 Å². The summed E-state index contributed by atoms with van der Waals surface area (Å²) in [5, 5.41) is 1.30. The molecule has 0 spiro atoms. The van der Waals surface area contributed by atoms with E-state index in [-0.39, 0.29) is 16.8 Å². The van der Waals surface area contributed by atoms with Crippen LogP contribution >= 0.6 is 0 Å². The maximum atomic E-state index is 13.0. The minimum atomic E-state index is -0.704. The van der Waals surface area contributed by atoms with Gasteiger partial charge in [-0.2, -0.15) is 0 Å². The summed E-state index contributed by atoms with van der Waals surface area (Å²) in [6, 6.07) is 0. The van der Waals surface area contributed by atoms with Crippen molar-refractivity contribution < 1.29 is 14.1 Å². The number of rotatable bonds is 6. The number of fused-ring (bicyclic) bond motifs is 1. The fourth-order valence-electron chi connectivity index (χ4n) is 5.84. The standard InChI is InChI=1S/C30H47N2O2/c1-13-30(11,27(33)34-12)26-23(24-21(5)19(3)20(4)22(6)25(24)31-26)14-15-32-16-18(2)29(9,10)28(7,8)17-32/h17-18,31H,13-16H2,1-12H3/q+1. The molecule has 0 amide bonds. The van der Waals surface area contributed by atoms with E-state index in [4.69, 9.17) is 4.74 Å². The molecule has 0 saturated heterocycles. The SMILES string of the molecule is CCC(C)(C(=O)OC)c1[nH]c2c(C)c(C)c(C)c(C)c2c1CC[N+]1=CC(C)(C)C(C)(C)C(C)C1. The van der Waals surface area contributed by atoms with Crippen LogP contribution in [0, 0.1) is 44.4 Å². The van der Waals surface area contributed by atoms with Gasteiger partial charge in [-0.05, 0) is 74.3 Å². The summed E-state index contributed by atoms with van der Waals surface area (Å²) >= 11 is 0. The number of aromatic nitrogens is 1. The van der Waals surface area contributed by atoms with Crippen molar-refractivity contribution in [3.8, 4) is 0 Å². The average molecular weight is 468 g/mol. The average Bonchev–Trinajstić information content (AvgIpc) is 3.17. The van der Waals surface area contributed by atoms with E-state index >= 15 is 0 Å². The van der Waals surface area contributed by atoms with Gasteiger partial charge in [-0.1, -0.05) is 41.5 Å². The van der Waals surface area contributed by atoms with Gasteiger partial charge in [-0.25, -0.2) is 4.58 Å². The van der Waals surface area contributed by atoms with Crippen molar-refractivity contribution in [2.24, 2.45) is 16.7 Å². The molecule has 0 radical (unpaired) electrons. The molecular formula is C30H47N2O2+. The summed E-state index contributed by atoms with van der Waals surface area (Å²) in [5.41, 5.74) is 8.40. The number of H-pyrrole nitrogens is 1. The molecule has 2 heterocycles. The number of hydrogen-bond donors (Lipinski definition) is 1. The van der Waals surface area contributed by atoms with Gasteiger partial charge in [0.1, 0.15) is 24.7 Å². The number of carbonyl (C=O) groups is 1. The fraction of sp³-hybridized carbons (Fsp3) is 0.667. The Morgan fingerprint density at radius 1 is 1.12 bits per heavy atom. The van der Waals surface area contributed by atoms with Crippen LogP contribution in [0.1, 0.15) is 88.4 Å². The number of esters is 1. The van der Waals surface area contributed by atoms with Crippen LogP contribution in [0.25, 0.3) is 10.9 Å². The van der Waals surface area contributed by atoms with Crippen molar-refractivity contribution in [2.75, 3.05) is 20.2 Å². The van der Waals surface area contributed by atoms with Gasteiger partial charge in [0.15, 0.2) is 0 Å². The van der Waals surface area contributed by atoms with Crippen LogP contribution in [0.5, 0.6) is 0 Å². The van der Waals surface area contributed by atoms with E-state index < -0.39 is 5.41 Å². The molecular weight excluding hydrogens is 420 g/mol. The molecule has 2 atom stereocenters. The number of aromatic amines is 1. The first-order valence-electron chi connectivity index (χ1n) is 12.9. The summed E-state index contributed by atoms with van der Waals surface area (Å²) in [7, 11) is 1.50. The lowest BCUT2D eigenvalue weighted by molar-refractivity contribution is -0.544. The van der Waals surface area contributed by atoms with Crippen LogP contribution in [-0.2, 0) is 21.4 Å². The van der Waals surface area contributed by atoms with Crippen molar-refractivity contribution in [1.29, 1.82) is 0 Å². The predicted molar refractivity (Wildman–Crippen MR) is 143 cm³/mol. The Bertz CT molecular complexity index is 1150. The highest BCUT2D eigenvalue weighted by atomic mass is 16.5. The zero-order valence-corrected chi connectivity index (χ0v) is 23.7. The van der Waals surface area contributed by atoms with Gasteiger partial charge >= 0.3 is 5.97 Å². The van der Waals surface area contributed by atoms with E-state index in [9.17, 15) is 4.79 Å². The molecule has 0 fully saturated rings. The molecule has 2 unspecified atom stereocenters. The van der Waals surface area contributed by atoms with Crippen LogP contribution in [-0.4, -0.2) is 41.9 Å². The van der Waals surface area contributed by atoms with Gasteiger partial charge in [-0.3, -0.25) is 4.79 Å². The van der Waals surface area contributed by atoms with Crippen molar-refractivity contribution in [3.05, 3.63) is 33.5 Å². The maximum Gasteiger partial charge on any atom is 0.317 e. The predicted octanol–water partition coefficient (Wildman–Crippen LogP) is 6.57. The fourth-order valence-corrected chi connectivity index (χ4v) is 5.84. The maximum absolute atomic E-state index is 13.0. The van der Waals surface area contributed by atoms with E-state index in [0.717, 1.165) is 25.2 Å². The first-order valence-corrected chi connectivity index (χ1v) is 12.9. The molecule has 0 bridgehead atoms. The molecule has 2 aromatic rings. The number of carbonyl (C=O) groups excluding carboxylic acids is 1. The second-order valence-corrected chi connectivity index (χ2v) is 12.1. The van der Waals surface area contributed by atoms with E-state index in [1.807, 2.05) is 6.92 Å². The number of benzene rings is 1. The normalized spacial score (nSPS) is 21.3. The summed E-state index contributed by atoms with van der Waals surface area (Å²) < 4.78 is 7.82. The monoisotopic (exact) mass is 467 g/mol. The second kappa shape index (κ2) is 8.84. The Morgan fingerprint density at radius 3 is 2.24 bits per heavy atom. The molecule has 0 saturated carbocycles. The smallest absolute Gasteiger partial charge is 0.317 e. The highest BCUT2D eigenvalue weighted by Gasteiger charge is 2.47. The molecule has 4 nitrogen and oxygen atoms in total. The van der Waals surface area contributed by atoms with Crippen LogP contribution in [0.15, 0.2) is 0 Å². The number of nitrogens with one attached hydrogen (secondary N) is 1. The van der Waals surface area contributed by atoms with Crippen LogP contribution in [0.2, 0.25) is 0 Å². The highest BCUT2D eigenvalue weighted by molar-refractivity contribution is 5.95. The van der Waals surface area contributed by atoms with Crippen molar-refractivity contribution in [2.45, 2.75) is 94.4 Å². The Labute approximate surface area is 207 Å². The lowest BCUT2D eigenvalue weighted by Gasteiger charge is -2.44. The molecule has 34 heavy (non-hydrogen) atoms. The third-order valence-corrected chi connectivity index (χ3v) is 9.99. The third kappa shape index (κ3) is 3.91. The zero-order chi connectivity index (χ0) is 25.8.